The molecule has 0 aromatic heterocycles. The Labute approximate surface area is 97.5 Å². The summed E-state index contributed by atoms with van der Waals surface area (Å²) in [6.07, 6.45) is 0. The highest BCUT2D eigenvalue weighted by atomic mass is 19.1. The van der Waals surface area contributed by atoms with Crippen LogP contribution in [0, 0.1) is 5.82 Å². The van der Waals surface area contributed by atoms with Crippen molar-refractivity contribution >= 4 is 11.7 Å². The fourth-order valence-electron chi connectivity index (χ4n) is 1.30. The Morgan fingerprint density at radius 3 is 2.76 bits per heavy atom. The molecule has 5 nitrogen and oxygen atoms in total. The molecule has 0 aliphatic rings. The normalized spacial score (nSPS) is 11.1. The second-order valence-corrected chi connectivity index (χ2v) is 2.99. The van der Waals surface area contributed by atoms with Gasteiger partial charge in [-0.25, -0.2) is 9.18 Å². The van der Waals surface area contributed by atoms with E-state index in [9.17, 15) is 9.18 Å². The first-order valence-electron chi connectivity index (χ1n) is 4.87. The Morgan fingerprint density at radius 1 is 1.53 bits per heavy atom. The second-order valence-electron chi connectivity index (χ2n) is 2.99. The van der Waals surface area contributed by atoms with Crippen molar-refractivity contribution in [3.63, 3.8) is 0 Å². The number of hydrogen-bond acceptors (Lipinski definition) is 5. The van der Waals surface area contributed by atoms with E-state index in [-0.39, 0.29) is 17.9 Å². The summed E-state index contributed by atoms with van der Waals surface area (Å²) in [5.41, 5.74) is -0.752. The molecule has 1 rings (SSSR count). The molecule has 0 atom stereocenters. The van der Waals surface area contributed by atoms with Gasteiger partial charge in [-0.1, -0.05) is 11.2 Å². The minimum absolute atomic E-state index is 0.0888. The maximum absolute atomic E-state index is 13.6. The number of methoxy groups -OCH3 is 1. The Morgan fingerprint density at radius 2 is 2.24 bits per heavy atom. The summed E-state index contributed by atoms with van der Waals surface area (Å²) in [6.45, 7) is 1.68. The summed E-state index contributed by atoms with van der Waals surface area (Å²) < 4.78 is 23.1. The van der Waals surface area contributed by atoms with E-state index in [1.807, 2.05) is 0 Å². The summed E-state index contributed by atoms with van der Waals surface area (Å²) in [5.74, 6) is -1.56. The molecule has 92 valence electrons. The SMILES string of the molecule is CCOC(=O)C(=NO)c1c(F)cccc1OC. The lowest BCUT2D eigenvalue weighted by Gasteiger charge is -2.09. The zero-order valence-electron chi connectivity index (χ0n) is 9.44. The molecule has 1 aromatic carbocycles. The Bertz CT molecular complexity index is 445. The second kappa shape index (κ2) is 5.83. The minimum Gasteiger partial charge on any atom is -0.496 e. The number of esters is 1. The molecule has 0 aliphatic carbocycles. The molecule has 1 aromatic rings. The smallest absolute Gasteiger partial charge is 0.361 e. The lowest BCUT2D eigenvalue weighted by Crippen LogP contribution is -2.21. The van der Waals surface area contributed by atoms with Crippen LogP contribution in [0.25, 0.3) is 0 Å². The van der Waals surface area contributed by atoms with Crippen LogP contribution in [-0.4, -0.2) is 30.6 Å². The molecule has 1 N–H and O–H groups in total. The molecule has 0 amide bonds. The van der Waals surface area contributed by atoms with Gasteiger partial charge in [0, 0.05) is 0 Å². The van der Waals surface area contributed by atoms with Crippen LogP contribution in [0.5, 0.6) is 5.75 Å². The Kier molecular flexibility index (Phi) is 4.45. The van der Waals surface area contributed by atoms with E-state index in [0.717, 1.165) is 6.07 Å². The molecule has 0 fully saturated rings. The van der Waals surface area contributed by atoms with Gasteiger partial charge >= 0.3 is 5.97 Å². The Hall–Kier alpha value is -2.11. The lowest BCUT2D eigenvalue weighted by atomic mass is 10.1. The molecule has 0 unspecified atom stereocenters. The predicted molar refractivity (Wildman–Crippen MR) is 57.9 cm³/mol. The minimum atomic E-state index is -0.918. The van der Waals surface area contributed by atoms with Crippen LogP contribution in [0.1, 0.15) is 12.5 Å². The molecule has 0 spiro atoms. The Balaban J connectivity index is 3.25. The highest BCUT2D eigenvalue weighted by Crippen LogP contribution is 2.22. The zero-order chi connectivity index (χ0) is 12.8. The third-order valence-electron chi connectivity index (χ3n) is 2.00. The first-order valence-corrected chi connectivity index (χ1v) is 4.87. The van der Waals surface area contributed by atoms with Crippen LogP contribution < -0.4 is 4.74 Å². The van der Waals surface area contributed by atoms with E-state index in [1.54, 1.807) is 6.92 Å². The van der Waals surface area contributed by atoms with E-state index in [2.05, 4.69) is 9.89 Å². The summed E-state index contributed by atoms with van der Waals surface area (Å²) >= 11 is 0. The number of benzene rings is 1. The molecular formula is C11H12FNO4. The van der Waals surface area contributed by atoms with Gasteiger partial charge in [0.05, 0.1) is 19.3 Å². The third-order valence-corrected chi connectivity index (χ3v) is 2.00. The summed E-state index contributed by atoms with van der Waals surface area (Å²) in [7, 11) is 1.32. The van der Waals surface area contributed by atoms with Crippen LogP contribution in [-0.2, 0) is 9.53 Å². The first-order chi connectivity index (χ1) is 8.15. The topological polar surface area (TPSA) is 68.1 Å². The van der Waals surface area contributed by atoms with Crippen LogP contribution in [0.2, 0.25) is 0 Å². The number of carbonyl (C=O) groups is 1. The fourth-order valence-corrected chi connectivity index (χ4v) is 1.30. The van der Waals surface area contributed by atoms with Crippen LogP contribution in [0.3, 0.4) is 0 Å². The maximum Gasteiger partial charge on any atom is 0.361 e. The van der Waals surface area contributed by atoms with Crippen molar-refractivity contribution in [2.45, 2.75) is 6.92 Å². The number of carbonyl (C=O) groups excluding carboxylic acids is 1. The van der Waals surface area contributed by atoms with Gasteiger partial charge in [0.15, 0.2) is 0 Å². The predicted octanol–water partition coefficient (Wildman–Crippen LogP) is 1.58. The first kappa shape index (κ1) is 13.0. The van der Waals surface area contributed by atoms with Gasteiger partial charge in [-0.3, -0.25) is 0 Å². The fraction of sp³-hybridized carbons (Fsp3) is 0.273. The molecule has 0 bridgehead atoms. The van der Waals surface area contributed by atoms with Crippen molar-refractivity contribution in [2.75, 3.05) is 13.7 Å². The molecule has 17 heavy (non-hydrogen) atoms. The van der Waals surface area contributed by atoms with Crippen molar-refractivity contribution in [3.05, 3.63) is 29.6 Å². The molecule has 0 aliphatic heterocycles. The van der Waals surface area contributed by atoms with Gasteiger partial charge in [-0.15, -0.1) is 0 Å². The molecule has 6 heteroatoms. The third kappa shape index (κ3) is 2.72. The standard InChI is InChI=1S/C11H12FNO4/c1-3-17-11(14)10(13-15)9-7(12)5-4-6-8(9)16-2/h4-6,15H,3H2,1-2H3. The van der Waals surface area contributed by atoms with E-state index >= 15 is 0 Å². The van der Waals surface area contributed by atoms with Gasteiger partial charge in [0.2, 0.25) is 5.71 Å². The summed E-state index contributed by atoms with van der Waals surface area (Å²) in [4.78, 5) is 11.5. The quantitative estimate of drug-likeness (QED) is 0.376. The van der Waals surface area contributed by atoms with Gasteiger partial charge in [0.1, 0.15) is 11.6 Å². The lowest BCUT2D eigenvalue weighted by molar-refractivity contribution is -0.135. The highest BCUT2D eigenvalue weighted by Gasteiger charge is 2.23. The van der Waals surface area contributed by atoms with Crippen LogP contribution >= 0.6 is 0 Å². The van der Waals surface area contributed by atoms with Crippen molar-refractivity contribution < 1.29 is 23.9 Å². The van der Waals surface area contributed by atoms with Crippen molar-refractivity contribution in [1.29, 1.82) is 0 Å². The van der Waals surface area contributed by atoms with Crippen molar-refractivity contribution in [2.24, 2.45) is 5.16 Å². The number of hydrogen-bond donors (Lipinski definition) is 1. The number of halogens is 1. The average Bonchev–Trinajstić information content (AvgIpc) is 2.32. The van der Waals surface area contributed by atoms with Gasteiger partial charge in [-0.2, -0.15) is 0 Å². The number of rotatable bonds is 4. The van der Waals surface area contributed by atoms with E-state index < -0.39 is 17.5 Å². The number of oxime groups is 1. The van der Waals surface area contributed by atoms with Crippen LogP contribution in [0.4, 0.5) is 4.39 Å². The van der Waals surface area contributed by atoms with Gasteiger partial charge in [-0.05, 0) is 19.1 Å². The number of ether oxygens (including phenoxy) is 2. The molecule has 0 radical (unpaired) electrons. The summed E-state index contributed by atoms with van der Waals surface area (Å²) in [5, 5.41) is 11.6. The molecular weight excluding hydrogens is 229 g/mol. The largest absolute Gasteiger partial charge is 0.496 e. The van der Waals surface area contributed by atoms with Crippen molar-refractivity contribution in [3.8, 4) is 5.75 Å². The maximum atomic E-state index is 13.6. The number of nitrogens with zero attached hydrogens (tertiary/aromatic N) is 1. The molecule has 0 saturated carbocycles. The monoisotopic (exact) mass is 241 g/mol. The van der Waals surface area contributed by atoms with Gasteiger partial charge in [0.25, 0.3) is 0 Å². The molecule has 0 heterocycles. The average molecular weight is 241 g/mol. The van der Waals surface area contributed by atoms with E-state index in [1.165, 1.54) is 19.2 Å². The van der Waals surface area contributed by atoms with E-state index in [4.69, 9.17) is 9.94 Å². The zero-order valence-corrected chi connectivity index (χ0v) is 9.44. The highest BCUT2D eigenvalue weighted by molar-refractivity contribution is 6.43. The van der Waals surface area contributed by atoms with E-state index in [0.29, 0.717) is 0 Å². The summed E-state index contributed by atoms with van der Waals surface area (Å²) in [6, 6.07) is 3.99. The van der Waals surface area contributed by atoms with Crippen LogP contribution in [0.15, 0.2) is 23.4 Å². The van der Waals surface area contributed by atoms with Crippen molar-refractivity contribution in [1.82, 2.24) is 0 Å². The molecule has 0 saturated heterocycles. The van der Waals surface area contributed by atoms with Gasteiger partial charge < -0.3 is 14.7 Å².